The summed E-state index contributed by atoms with van der Waals surface area (Å²) in [5, 5.41) is 20.6. The molecular weight excluding hydrogens is 906 g/mol. The quantitative estimate of drug-likeness (QED) is 0.0312. The smallest absolute Gasteiger partial charge is 0.352 e. The Morgan fingerprint density at radius 3 is 2.32 bits per heavy atom. The van der Waals surface area contributed by atoms with Crippen LogP contribution >= 0.6 is 11.6 Å². The Hall–Kier alpha value is -6.11. The maximum atomic E-state index is 13.3. The first kappa shape index (κ1) is 50.8. The molecule has 7 rings (SSSR count). The molecule has 1 atom stereocenters. The minimum atomic E-state index is -1.09. The van der Waals surface area contributed by atoms with Crippen LogP contribution in [0.15, 0.2) is 48.5 Å². The van der Waals surface area contributed by atoms with E-state index in [1.165, 1.54) is 6.07 Å². The predicted molar refractivity (Wildman–Crippen MR) is 262 cm³/mol. The largest absolute Gasteiger partial charge is 0.494 e. The van der Waals surface area contributed by atoms with Crippen LogP contribution in [0.1, 0.15) is 85.0 Å². The van der Waals surface area contributed by atoms with Gasteiger partial charge in [0.2, 0.25) is 5.91 Å². The number of nitrogens with two attached hydrogens (primary N) is 1. The number of nitrogens with one attached hydrogen (secondary N) is 1. The molecule has 4 heterocycles. The third-order valence-corrected chi connectivity index (χ3v) is 13.3. The van der Waals surface area contributed by atoms with Gasteiger partial charge < -0.3 is 44.5 Å². The Bertz CT molecular complexity index is 2670. The number of rotatable bonds is 26. The van der Waals surface area contributed by atoms with Gasteiger partial charge in [-0.05, 0) is 94.3 Å². The molecular formula is C51H62ClN7O10. The molecule has 5 aromatic rings. The van der Waals surface area contributed by atoms with E-state index in [1.807, 2.05) is 54.3 Å². The number of primary amides is 1. The molecule has 0 saturated carbocycles. The van der Waals surface area contributed by atoms with Crippen molar-refractivity contribution < 1.29 is 48.0 Å². The molecule has 3 aromatic carbocycles. The number of halogens is 1. The molecule has 1 fully saturated rings. The molecule has 1 saturated heterocycles. The van der Waals surface area contributed by atoms with Gasteiger partial charge in [-0.1, -0.05) is 35.9 Å². The fraction of sp³-hybridized carbons (Fsp3) is 0.451. The van der Waals surface area contributed by atoms with E-state index < -0.39 is 29.7 Å². The molecule has 2 aliphatic heterocycles. The summed E-state index contributed by atoms with van der Waals surface area (Å²) < 4.78 is 27.4. The van der Waals surface area contributed by atoms with Crippen LogP contribution in [-0.4, -0.2) is 138 Å². The van der Waals surface area contributed by atoms with Gasteiger partial charge in [0.1, 0.15) is 17.7 Å². The number of fused-ring (bicyclic) bond motifs is 2. The number of carboxylic acid groups (broad SMARTS) is 1. The van der Waals surface area contributed by atoms with Crippen LogP contribution in [0.25, 0.3) is 22.0 Å². The highest BCUT2D eigenvalue weighted by molar-refractivity contribution is 6.32. The van der Waals surface area contributed by atoms with Gasteiger partial charge in [0.25, 0.3) is 11.8 Å². The first-order chi connectivity index (χ1) is 33.3. The van der Waals surface area contributed by atoms with Crippen molar-refractivity contribution in [1.29, 1.82) is 0 Å². The lowest BCUT2D eigenvalue weighted by molar-refractivity contribution is -0.118. The molecule has 1 unspecified atom stereocenters. The van der Waals surface area contributed by atoms with Crippen LogP contribution < -0.4 is 15.8 Å². The average Bonchev–Trinajstić information content (AvgIpc) is 3.91. The zero-order chi connectivity index (χ0) is 49.2. The number of aromatic nitrogens is 3. The number of hydrogen-bond donors (Lipinski definition) is 3. The highest BCUT2D eigenvalue weighted by atomic mass is 35.5. The van der Waals surface area contributed by atoms with E-state index in [-0.39, 0.29) is 24.0 Å². The molecule has 0 spiro atoms. The Labute approximate surface area is 406 Å². The number of aromatic carboxylic acids is 1. The highest BCUT2D eigenvalue weighted by Crippen LogP contribution is 2.38. The lowest BCUT2D eigenvalue weighted by Crippen LogP contribution is -2.41. The lowest BCUT2D eigenvalue weighted by atomic mass is 9.98. The number of anilines is 1. The van der Waals surface area contributed by atoms with Crippen molar-refractivity contribution in [2.75, 3.05) is 77.7 Å². The van der Waals surface area contributed by atoms with Gasteiger partial charge in [0.05, 0.1) is 68.0 Å². The monoisotopic (exact) mass is 967 g/mol. The van der Waals surface area contributed by atoms with Gasteiger partial charge in [-0.2, -0.15) is 5.10 Å². The number of amides is 3. The van der Waals surface area contributed by atoms with Gasteiger partial charge in [0.15, 0.2) is 0 Å². The molecule has 0 aliphatic carbocycles. The van der Waals surface area contributed by atoms with Crippen LogP contribution in [0.5, 0.6) is 5.75 Å². The van der Waals surface area contributed by atoms with Crippen LogP contribution in [0.2, 0.25) is 5.02 Å². The summed E-state index contributed by atoms with van der Waals surface area (Å²) >= 11 is 6.39. The summed E-state index contributed by atoms with van der Waals surface area (Å²) in [6.45, 7) is 14.9. The minimum Gasteiger partial charge on any atom is -0.494 e. The molecule has 368 valence electrons. The molecule has 0 bridgehead atoms. The van der Waals surface area contributed by atoms with E-state index in [9.17, 15) is 29.1 Å². The predicted octanol–water partition coefficient (Wildman–Crippen LogP) is 6.40. The van der Waals surface area contributed by atoms with Gasteiger partial charge in [-0.3, -0.25) is 28.9 Å². The van der Waals surface area contributed by atoms with Gasteiger partial charge in [0, 0.05) is 85.2 Å². The average molecular weight is 969 g/mol. The number of aryl methyl sites for hydroxylation is 5. The third kappa shape index (κ3) is 11.7. The fourth-order valence-corrected chi connectivity index (χ4v) is 9.51. The second-order valence-corrected chi connectivity index (χ2v) is 17.8. The summed E-state index contributed by atoms with van der Waals surface area (Å²) in [6.07, 6.45) is 2.14. The second-order valence-electron chi connectivity index (χ2n) is 17.5. The molecule has 0 radical (unpaired) electrons. The number of benzene rings is 3. The van der Waals surface area contributed by atoms with Gasteiger partial charge in [-0.25, -0.2) is 4.79 Å². The number of imide groups is 1. The molecule has 4 N–H and O–H groups in total. The van der Waals surface area contributed by atoms with Crippen molar-refractivity contribution in [2.24, 2.45) is 5.73 Å². The molecule has 17 nitrogen and oxygen atoms in total. The number of morpholine rings is 1. The minimum absolute atomic E-state index is 0.0413. The molecule has 2 aliphatic rings. The summed E-state index contributed by atoms with van der Waals surface area (Å²) in [5.74, 6) is -2.05. The van der Waals surface area contributed by atoms with Crippen LogP contribution in [0.4, 0.5) is 5.69 Å². The number of ether oxygens (including phenoxy) is 4. The van der Waals surface area contributed by atoms with Crippen molar-refractivity contribution in [1.82, 2.24) is 24.1 Å². The first-order valence-electron chi connectivity index (χ1n) is 23.6. The maximum Gasteiger partial charge on any atom is 0.352 e. The maximum absolute atomic E-state index is 13.3. The van der Waals surface area contributed by atoms with Crippen LogP contribution in [-0.2, 0) is 43.3 Å². The van der Waals surface area contributed by atoms with E-state index in [0.29, 0.717) is 109 Å². The normalized spacial score (nSPS) is 14.4. The topological polar surface area (TPSA) is 210 Å². The number of aldehydes is 1. The summed E-state index contributed by atoms with van der Waals surface area (Å²) in [6, 6.07) is 13.7. The number of carbonyl (C=O) groups is 5. The zero-order valence-corrected chi connectivity index (χ0v) is 40.6. The molecule has 69 heavy (non-hydrogen) atoms. The zero-order valence-electron chi connectivity index (χ0n) is 39.8. The fourth-order valence-electron chi connectivity index (χ4n) is 9.40. The number of carboxylic acids is 1. The summed E-state index contributed by atoms with van der Waals surface area (Å²) in [5.41, 5.74) is 13.6. The number of para-hydroxylation sites is 1. The SMILES string of the molecule is Cc1cc(OCCCc2c(C(=O)O)n(CCN3CCOCC3)c3c(-c4c(C)nn(CCCOCCOCCNc5cccc6c5C(=O)N(C(C=O)CCC(N)=O)C6=O)c4C)cccc23)cc(C)c1Cl. The van der Waals surface area contributed by atoms with Crippen LogP contribution in [0, 0.1) is 27.7 Å². The van der Waals surface area contributed by atoms with E-state index in [0.717, 1.165) is 78.9 Å². The van der Waals surface area contributed by atoms with E-state index >= 15 is 0 Å². The van der Waals surface area contributed by atoms with Crippen molar-refractivity contribution in [2.45, 2.75) is 78.9 Å². The molecule has 2 aromatic heterocycles. The van der Waals surface area contributed by atoms with Crippen LogP contribution in [0.3, 0.4) is 0 Å². The first-order valence-corrected chi connectivity index (χ1v) is 23.9. The Kier molecular flexibility index (Phi) is 17.3. The Morgan fingerprint density at radius 1 is 0.899 bits per heavy atom. The van der Waals surface area contributed by atoms with Crippen molar-refractivity contribution in [3.05, 3.63) is 98.5 Å². The third-order valence-electron chi connectivity index (χ3n) is 12.7. The highest BCUT2D eigenvalue weighted by Gasteiger charge is 2.41. The van der Waals surface area contributed by atoms with Gasteiger partial charge in [-0.15, -0.1) is 0 Å². The lowest BCUT2D eigenvalue weighted by Gasteiger charge is -2.27. The van der Waals surface area contributed by atoms with Gasteiger partial charge >= 0.3 is 5.97 Å². The molecule has 3 amide bonds. The van der Waals surface area contributed by atoms with Crippen molar-refractivity contribution in [3.63, 3.8) is 0 Å². The number of hydrogen-bond acceptors (Lipinski definition) is 12. The number of nitrogens with zero attached hydrogens (tertiary/aromatic N) is 5. The summed E-state index contributed by atoms with van der Waals surface area (Å²) in [7, 11) is 0. The molecule has 18 heteroatoms. The van der Waals surface area contributed by atoms with E-state index in [1.54, 1.807) is 12.1 Å². The van der Waals surface area contributed by atoms with E-state index in [2.05, 4.69) is 23.2 Å². The van der Waals surface area contributed by atoms with Crippen molar-refractivity contribution >= 4 is 58.2 Å². The van der Waals surface area contributed by atoms with Crippen molar-refractivity contribution in [3.8, 4) is 16.9 Å². The number of carbonyl (C=O) groups excluding carboxylic acids is 4. The second kappa shape index (κ2) is 23.5. The Balaban J connectivity index is 0.950. The van der Waals surface area contributed by atoms with E-state index in [4.69, 9.17) is 41.4 Å². The standard InChI is InChI=1S/C51H62ClN7O10/c1-32-29-37(30-33(2)46(32)52)69-23-7-12-39-38-9-5-10-40(47(38)57(48(39)51(64)65)19-18-56-20-25-68-26-21-56)44-34(3)55-58(35(44)4)17-8-22-66-27-28-67-24-16-54-42-13-6-11-41-45(42)50(63)59(49(41)62)36(31-60)14-15-43(53)61/h5-6,9-11,13,29-31,36,54H,7-8,12,14-28H2,1-4H3,(H2,53,61)(H,64,65). The summed E-state index contributed by atoms with van der Waals surface area (Å²) in [4.78, 5) is 65.9. The Morgan fingerprint density at radius 2 is 1.61 bits per heavy atom.